The SMILES string of the molecule is OC(OCC1CO1)=C1C=CC=C1. The Bertz CT molecular complexity index is 245. The second-order valence-electron chi connectivity index (χ2n) is 2.75. The summed E-state index contributed by atoms with van der Waals surface area (Å²) in [5, 5.41) is 9.32. The van der Waals surface area contributed by atoms with E-state index in [-0.39, 0.29) is 12.0 Å². The number of hydrogen-bond donors (Lipinski definition) is 1. The van der Waals surface area contributed by atoms with Gasteiger partial charge in [0, 0.05) is 0 Å². The van der Waals surface area contributed by atoms with Crippen molar-refractivity contribution in [2.75, 3.05) is 13.2 Å². The van der Waals surface area contributed by atoms with Crippen LogP contribution in [-0.4, -0.2) is 24.4 Å². The van der Waals surface area contributed by atoms with Gasteiger partial charge < -0.3 is 14.6 Å². The van der Waals surface area contributed by atoms with Crippen molar-refractivity contribution in [3.63, 3.8) is 0 Å². The van der Waals surface area contributed by atoms with Gasteiger partial charge in [-0.05, 0) is 12.2 Å². The lowest BCUT2D eigenvalue weighted by molar-refractivity contribution is 0.0802. The summed E-state index contributed by atoms with van der Waals surface area (Å²) in [5.74, 6) is -0.0181. The number of aliphatic hydroxyl groups excluding tert-OH is 1. The molecule has 1 saturated heterocycles. The number of aliphatic hydroxyl groups is 1. The molecular weight excluding hydrogens is 156 g/mol. The van der Waals surface area contributed by atoms with Gasteiger partial charge in [-0.1, -0.05) is 12.2 Å². The van der Waals surface area contributed by atoms with Gasteiger partial charge in [0.1, 0.15) is 12.7 Å². The molecule has 0 saturated carbocycles. The van der Waals surface area contributed by atoms with Gasteiger partial charge in [0.2, 0.25) is 0 Å². The first-order valence-corrected chi connectivity index (χ1v) is 3.88. The Morgan fingerprint density at radius 1 is 1.58 bits per heavy atom. The van der Waals surface area contributed by atoms with Gasteiger partial charge in [0.25, 0.3) is 5.95 Å². The summed E-state index contributed by atoms with van der Waals surface area (Å²) in [4.78, 5) is 0. The van der Waals surface area contributed by atoms with E-state index in [0.717, 1.165) is 12.2 Å². The van der Waals surface area contributed by atoms with Crippen molar-refractivity contribution in [2.24, 2.45) is 0 Å². The van der Waals surface area contributed by atoms with E-state index in [1.54, 1.807) is 12.2 Å². The van der Waals surface area contributed by atoms with Crippen molar-refractivity contribution in [3.8, 4) is 0 Å². The minimum Gasteiger partial charge on any atom is -0.481 e. The predicted octanol–water partition coefficient (Wildman–Crippen LogP) is 1.30. The third-order valence-corrected chi connectivity index (χ3v) is 1.72. The Hall–Kier alpha value is -1.22. The van der Waals surface area contributed by atoms with Crippen LogP contribution in [-0.2, 0) is 9.47 Å². The van der Waals surface area contributed by atoms with Crippen molar-refractivity contribution in [3.05, 3.63) is 35.8 Å². The summed E-state index contributed by atoms with van der Waals surface area (Å²) in [6.07, 6.45) is 7.47. The molecule has 64 valence electrons. The normalized spacial score (nSPS) is 24.7. The second-order valence-corrected chi connectivity index (χ2v) is 2.75. The monoisotopic (exact) mass is 166 g/mol. The third-order valence-electron chi connectivity index (χ3n) is 1.72. The highest BCUT2D eigenvalue weighted by Crippen LogP contribution is 2.15. The number of rotatable bonds is 3. The summed E-state index contributed by atoms with van der Waals surface area (Å²) >= 11 is 0. The van der Waals surface area contributed by atoms with Crippen LogP contribution in [0.3, 0.4) is 0 Å². The summed E-state index contributed by atoms with van der Waals surface area (Å²) in [5.41, 5.74) is 0.718. The molecule has 0 aromatic rings. The van der Waals surface area contributed by atoms with Crippen LogP contribution in [0.2, 0.25) is 0 Å². The molecule has 1 atom stereocenters. The van der Waals surface area contributed by atoms with Crippen molar-refractivity contribution in [2.45, 2.75) is 6.10 Å². The Balaban J connectivity index is 1.88. The lowest BCUT2D eigenvalue weighted by Crippen LogP contribution is -2.02. The molecule has 0 radical (unpaired) electrons. The molecule has 1 fully saturated rings. The summed E-state index contributed by atoms with van der Waals surface area (Å²) in [6.45, 7) is 1.19. The average molecular weight is 166 g/mol. The molecular formula is C9H10O3. The molecule has 1 unspecified atom stereocenters. The third kappa shape index (κ3) is 1.68. The summed E-state index contributed by atoms with van der Waals surface area (Å²) in [7, 11) is 0. The van der Waals surface area contributed by atoms with Gasteiger partial charge in [0.05, 0.1) is 12.2 Å². The Morgan fingerprint density at radius 3 is 2.83 bits per heavy atom. The molecule has 3 nitrogen and oxygen atoms in total. The average Bonchev–Trinajstić information content (AvgIpc) is 2.74. The zero-order chi connectivity index (χ0) is 8.39. The highest BCUT2D eigenvalue weighted by molar-refractivity contribution is 5.40. The fraction of sp³-hybridized carbons (Fsp3) is 0.333. The number of epoxide rings is 1. The summed E-state index contributed by atoms with van der Waals surface area (Å²) in [6, 6.07) is 0. The van der Waals surface area contributed by atoms with Gasteiger partial charge in [-0.15, -0.1) is 0 Å². The molecule has 1 aliphatic carbocycles. The summed E-state index contributed by atoms with van der Waals surface area (Å²) < 4.78 is 9.98. The molecule has 0 aromatic carbocycles. The quantitative estimate of drug-likeness (QED) is 0.507. The van der Waals surface area contributed by atoms with Crippen LogP contribution in [0.15, 0.2) is 35.8 Å². The Kier molecular flexibility index (Phi) is 1.87. The molecule has 1 heterocycles. The van der Waals surface area contributed by atoms with Crippen molar-refractivity contribution < 1.29 is 14.6 Å². The van der Waals surface area contributed by atoms with E-state index < -0.39 is 0 Å². The van der Waals surface area contributed by atoms with Gasteiger partial charge in [-0.25, -0.2) is 0 Å². The van der Waals surface area contributed by atoms with Crippen LogP contribution in [0, 0.1) is 0 Å². The van der Waals surface area contributed by atoms with E-state index in [2.05, 4.69) is 0 Å². The molecule has 0 bridgehead atoms. The highest BCUT2D eigenvalue weighted by Gasteiger charge is 2.23. The van der Waals surface area contributed by atoms with E-state index >= 15 is 0 Å². The highest BCUT2D eigenvalue weighted by atomic mass is 16.6. The lowest BCUT2D eigenvalue weighted by Gasteiger charge is -2.02. The molecule has 0 aromatic heterocycles. The smallest absolute Gasteiger partial charge is 0.284 e. The Labute approximate surface area is 70.6 Å². The molecule has 1 aliphatic heterocycles. The van der Waals surface area contributed by atoms with Crippen LogP contribution in [0.1, 0.15) is 0 Å². The maximum atomic E-state index is 9.32. The molecule has 3 heteroatoms. The van der Waals surface area contributed by atoms with Crippen molar-refractivity contribution >= 4 is 0 Å². The molecule has 2 rings (SSSR count). The van der Waals surface area contributed by atoms with Crippen LogP contribution in [0.25, 0.3) is 0 Å². The van der Waals surface area contributed by atoms with Crippen LogP contribution in [0.4, 0.5) is 0 Å². The number of hydrogen-bond acceptors (Lipinski definition) is 3. The van der Waals surface area contributed by atoms with Gasteiger partial charge in [-0.3, -0.25) is 0 Å². The fourth-order valence-corrected chi connectivity index (χ4v) is 0.936. The molecule has 2 aliphatic rings. The first-order valence-electron chi connectivity index (χ1n) is 3.88. The minimum absolute atomic E-state index is 0.0181. The predicted molar refractivity (Wildman–Crippen MR) is 43.6 cm³/mol. The minimum atomic E-state index is -0.0181. The van der Waals surface area contributed by atoms with Gasteiger partial charge in [-0.2, -0.15) is 0 Å². The van der Waals surface area contributed by atoms with E-state index in [1.807, 2.05) is 12.2 Å². The van der Waals surface area contributed by atoms with Gasteiger partial charge in [0.15, 0.2) is 0 Å². The van der Waals surface area contributed by atoms with Crippen molar-refractivity contribution in [1.82, 2.24) is 0 Å². The van der Waals surface area contributed by atoms with Gasteiger partial charge >= 0.3 is 0 Å². The zero-order valence-electron chi connectivity index (χ0n) is 6.56. The molecule has 12 heavy (non-hydrogen) atoms. The molecule has 0 spiro atoms. The number of allylic oxidation sites excluding steroid dienone is 5. The molecule has 0 amide bonds. The topological polar surface area (TPSA) is 42.0 Å². The standard InChI is InChI=1S/C9H10O3/c10-9(7-3-1-2-4-7)12-6-8-5-11-8/h1-4,8,10H,5-6H2. The van der Waals surface area contributed by atoms with Crippen LogP contribution < -0.4 is 0 Å². The zero-order valence-corrected chi connectivity index (χ0v) is 6.56. The van der Waals surface area contributed by atoms with E-state index in [0.29, 0.717) is 6.61 Å². The van der Waals surface area contributed by atoms with Crippen LogP contribution in [0.5, 0.6) is 0 Å². The Morgan fingerprint density at radius 2 is 2.25 bits per heavy atom. The van der Waals surface area contributed by atoms with E-state index in [1.165, 1.54) is 0 Å². The first-order chi connectivity index (χ1) is 5.86. The van der Waals surface area contributed by atoms with Crippen LogP contribution >= 0.6 is 0 Å². The first kappa shape index (κ1) is 7.43. The van der Waals surface area contributed by atoms with Crippen molar-refractivity contribution in [1.29, 1.82) is 0 Å². The lowest BCUT2D eigenvalue weighted by atomic mass is 10.3. The molecule has 1 N–H and O–H groups in total. The van der Waals surface area contributed by atoms with E-state index in [4.69, 9.17) is 9.47 Å². The maximum Gasteiger partial charge on any atom is 0.284 e. The fourth-order valence-electron chi connectivity index (χ4n) is 0.936. The maximum absolute atomic E-state index is 9.32. The van der Waals surface area contributed by atoms with E-state index in [9.17, 15) is 5.11 Å². The largest absolute Gasteiger partial charge is 0.481 e. The second kappa shape index (κ2) is 3.03. The number of ether oxygens (including phenoxy) is 2.